The van der Waals surface area contributed by atoms with Gasteiger partial charge in [0.15, 0.2) is 0 Å². The Hall–Kier alpha value is -1.21. The highest BCUT2D eigenvalue weighted by Gasteiger charge is 2.13. The fourth-order valence-corrected chi connectivity index (χ4v) is 1.41. The van der Waals surface area contributed by atoms with Crippen molar-refractivity contribution in [2.24, 2.45) is 0 Å². The topological polar surface area (TPSA) is 84.1 Å². The summed E-state index contributed by atoms with van der Waals surface area (Å²) in [6.07, 6.45) is 0. The van der Waals surface area contributed by atoms with Gasteiger partial charge in [-0.3, -0.25) is 9.59 Å². The number of carbonyl (C=O) groups is 1. The molecule has 0 aliphatic heterocycles. The van der Waals surface area contributed by atoms with Crippen molar-refractivity contribution in [1.82, 2.24) is 15.5 Å². The number of nitrogens with zero attached hydrogens (tertiary/aromatic N) is 1. The summed E-state index contributed by atoms with van der Waals surface area (Å²) in [6.45, 7) is 0.403. The van der Waals surface area contributed by atoms with Crippen LogP contribution >= 0.6 is 15.9 Å². The number of hydrogen-bond donors (Lipinski definition) is 2. The molecular weight excluding hydrogens is 278 g/mol. The number of hydrogen-bond acceptors (Lipinski definition) is 4. The number of ether oxygens (including phenoxy) is 1. The Morgan fingerprint density at radius 2 is 2.44 bits per heavy atom. The molecule has 1 aromatic heterocycles. The number of rotatable bonds is 5. The molecule has 88 valence electrons. The standard InChI is InChI=1S/C9H12BrN3O3/c1-16-5-6(4-10)11-9(15)7-2-3-8(14)13-12-7/h2-3,6H,4-5H2,1H3,(H,11,15)(H,13,14). The maximum atomic E-state index is 11.6. The second-order valence-corrected chi connectivity index (χ2v) is 3.73. The van der Waals surface area contributed by atoms with E-state index in [0.717, 1.165) is 0 Å². The van der Waals surface area contributed by atoms with E-state index in [-0.39, 0.29) is 23.2 Å². The summed E-state index contributed by atoms with van der Waals surface area (Å²) in [7, 11) is 1.56. The molecule has 1 heterocycles. The molecule has 0 radical (unpaired) electrons. The molecule has 6 nitrogen and oxygen atoms in total. The van der Waals surface area contributed by atoms with Gasteiger partial charge in [-0.2, -0.15) is 5.10 Å². The van der Waals surface area contributed by atoms with E-state index in [4.69, 9.17) is 4.74 Å². The summed E-state index contributed by atoms with van der Waals surface area (Å²) in [4.78, 5) is 22.4. The minimum atomic E-state index is -0.349. The van der Waals surface area contributed by atoms with Crippen molar-refractivity contribution in [3.8, 4) is 0 Å². The van der Waals surface area contributed by atoms with Gasteiger partial charge in [0.05, 0.1) is 12.6 Å². The van der Waals surface area contributed by atoms with Gasteiger partial charge < -0.3 is 10.1 Å². The average molecular weight is 290 g/mol. The van der Waals surface area contributed by atoms with Crippen molar-refractivity contribution >= 4 is 21.8 Å². The molecule has 1 unspecified atom stereocenters. The van der Waals surface area contributed by atoms with Gasteiger partial charge in [-0.25, -0.2) is 5.10 Å². The van der Waals surface area contributed by atoms with E-state index in [9.17, 15) is 9.59 Å². The highest BCUT2D eigenvalue weighted by atomic mass is 79.9. The second-order valence-electron chi connectivity index (χ2n) is 3.09. The lowest BCUT2D eigenvalue weighted by Crippen LogP contribution is -2.39. The Balaban J connectivity index is 2.64. The third-order valence-corrected chi connectivity index (χ3v) is 2.58. The SMILES string of the molecule is COCC(CBr)NC(=O)c1ccc(=O)[nH]n1. The molecule has 0 aliphatic rings. The zero-order chi connectivity index (χ0) is 12.0. The van der Waals surface area contributed by atoms with Gasteiger partial charge in [0.25, 0.3) is 11.5 Å². The van der Waals surface area contributed by atoms with Crippen LogP contribution in [0.1, 0.15) is 10.5 Å². The normalized spacial score (nSPS) is 12.1. The van der Waals surface area contributed by atoms with Crippen LogP contribution in [0.5, 0.6) is 0 Å². The van der Waals surface area contributed by atoms with Gasteiger partial charge >= 0.3 is 0 Å². The van der Waals surface area contributed by atoms with Gasteiger partial charge in [0.1, 0.15) is 5.69 Å². The number of carbonyl (C=O) groups excluding carboxylic acids is 1. The minimum absolute atomic E-state index is 0.133. The summed E-state index contributed by atoms with van der Waals surface area (Å²) < 4.78 is 4.93. The Bertz CT molecular complexity index is 387. The lowest BCUT2D eigenvalue weighted by atomic mass is 10.3. The highest BCUT2D eigenvalue weighted by molar-refractivity contribution is 9.09. The molecule has 2 N–H and O–H groups in total. The summed E-state index contributed by atoms with van der Waals surface area (Å²) in [5.74, 6) is -0.349. The van der Waals surface area contributed by atoms with Crippen molar-refractivity contribution in [2.75, 3.05) is 19.0 Å². The van der Waals surface area contributed by atoms with Crippen LogP contribution in [0.4, 0.5) is 0 Å². The number of methoxy groups -OCH3 is 1. The number of halogens is 1. The van der Waals surface area contributed by atoms with Crippen LogP contribution in [0.2, 0.25) is 0 Å². The molecule has 1 rings (SSSR count). The number of aromatic amines is 1. The molecule has 16 heavy (non-hydrogen) atoms. The van der Waals surface area contributed by atoms with E-state index in [1.807, 2.05) is 0 Å². The first-order valence-corrected chi connectivity index (χ1v) is 5.71. The van der Waals surface area contributed by atoms with Crippen molar-refractivity contribution in [3.05, 3.63) is 28.2 Å². The Morgan fingerprint density at radius 3 is 2.94 bits per heavy atom. The Morgan fingerprint density at radius 1 is 1.69 bits per heavy atom. The van der Waals surface area contributed by atoms with Crippen LogP contribution in [0.3, 0.4) is 0 Å². The number of alkyl halides is 1. The highest BCUT2D eigenvalue weighted by Crippen LogP contribution is 1.95. The summed E-state index contributed by atoms with van der Waals surface area (Å²) in [5.41, 5.74) is -0.174. The predicted octanol–water partition coefficient (Wildman–Crippen LogP) is -0.0904. The van der Waals surface area contributed by atoms with Gasteiger partial charge in [-0.15, -0.1) is 0 Å². The van der Waals surface area contributed by atoms with Gasteiger partial charge in [0.2, 0.25) is 0 Å². The fraction of sp³-hybridized carbons (Fsp3) is 0.444. The van der Waals surface area contributed by atoms with Crippen LogP contribution < -0.4 is 10.9 Å². The number of aromatic nitrogens is 2. The molecule has 0 aliphatic carbocycles. The van der Waals surface area contributed by atoms with E-state index < -0.39 is 0 Å². The van der Waals surface area contributed by atoms with E-state index in [2.05, 4.69) is 31.4 Å². The van der Waals surface area contributed by atoms with Gasteiger partial charge in [-0.05, 0) is 6.07 Å². The van der Waals surface area contributed by atoms with Crippen LogP contribution in [-0.4, -0.2) is 41.2 Å². The van der Waals surface area contributed by atoms with Crippen LogP contribution in [0, 0.1) is 0 Å². The van der Waals surface area contributed by atoms with Crippen molar-refractivity contribution in [3.63, 3.8) is 0 Å². The first-order valence-electron chi connectivity index (χ1n) is 4.59. The number of nitrogens with one attached hydrogen (secondary N) is 2. The molecule has 1 aromatic rings. The Labute approximate surface area is 101 Å². The zero-order valence-electron chi connectivity index (χ0n) is 8.70. The molecule has 0 saturated heterocycles. The first kappa shape index (κ1) is 12.9. The van der Waals surface area contributed by atoms with Crippen LogP contribution in [0.25, 0.3) is 0 Å². The second kappa shape index (κ2) is 6.39. The average Bonchev–Trinajstić information content (AvgIpc) is 2.29. The predicted molar refractivity (Wildman–Crippen MR) is 61.8 cm³/mol. The molecule has 1 amide bonds. The van der Waals surface area contributed by atoms with E-state index >= 15 is 0 Å². The first-order chi connectivity index (χ1) is 7.67. The fourth-order valence-electron chi connectivity index (χ4n) is 1.06. The zero-order valence-corrected chi connectivity index (χ0v) is 10.3. The minimum Gasteiger partial charge on any atom is -0.383 e. The maximum Gasteiger partial charge on any atom is 0.272 e. The lowest BCUT2D eigenvalue weighted by molar-refractivity contribution is 0.0902. The summed E-state index contributed by atoms with van der Waals surface area (Å²) >= 11 is 3.26. The van der Waals surface area contributed by atoms with E-state index in [0.29, 0.717) is 11.9 Å². The van der Waals surface area contributed by atoms with E-state index in [1.54, 1.807) is 7.11 Å². The van der Waals surface area contributed by atoms with Gasteiger partial charge in [0, 0.05) is 18.5 Å². The van der Waals surface area contributed by atoms with Crippen molar-refractivity contribution in [1.29, 1.82) is 0 Å². The van der Waals surface area contributed by atoms with Gasteiger partial charge in [-0.1, -0.05) is 15.9 Å². The lowest BCUT2D eigenvalue weighted by Gasteiger charge is -2.14. The maximum absolute atomic E-state index is 11.6. The molecule has 0 fully saturated rings. The van der Waals surface area contributed by atoms with Crippen LogP contribution in [0.15, 0.2) is 16.9 Å². The van der Waals surface area contributed by atoms with Crippen molar-refractivity contribution < 1.29 is 9.53 Å². The quantitative estimate of drug-likeness (QED) is 0.742. The molecule has 0 saturated carbocycles. The molecule has 0 spiro atoms. The molecule has 7 heteroatoms. The molecule has 0 aromatic carbocycles. The molecular formula is C9H12BrN3O3. The number of H-pyrrole nitrogens is 1. The summed E-state index contributed by atoms with van der Waals surface area (Å²) in [6, 6.07) is 2.49. The summed E-state index contributed by atoms with van der Waals surface area (Å²) in [5, 5.41) is 9.10. The monoisotopic (exact) mass is 289 g/mol. The third kappa shape index (κ3) is 3.74. The van der Waals surface area contributed by atoms with E-state index in [1.165, 1.54) is 12.1 Å². The smallest absolute Gasteiger partial charge is 0.272 e. The van der Waals surface area contributed by atoms with Crippen LogP contribution in [-0.2, 0) is 4.74 Å². The molecule has 0 bridgehead atoms. The third-order valence-electron chi connectivity index (χ3n) is 1.80. The van der Waals surface area contributed by atoms with Crippen molar-refractivity contribution in [2.45, 2.75) is 6.04 Å². The largest absolute Gasteiger partial charge is 0.383 e. The Kier molecular flexibility index (Phi) is 5.13. The number of amides is 1. The molecule has 1 atom stereocenters.